The Kier molecular flexibility index (Phi) is 6.13. The fourth-order valence-electron chi connectivity index (χ4n) is 4.31. The Hall–Kier alpha value is -3.57. The van der Waals surface area contributed by atoms with Gasteiger partial charge in [0.25, 0.3) is 5.91 Å². The Morgan fingerprint density at radius 2 is 1.61 bits per heavy atom. The van der Waals surface area contributed by atoms with Crippen LogP contribution in [0.25, 0.3) is 10.8 Å². The van der Waals surface area contributed by atoms with Gasteiger partial charge in [0.2, 0.25) is 5.91 Å². The average molecular weight is 453 g/mol. The number of carbonyl (C=O) groups is 2. The summed E-state index contributed by atoms with van der Waals surface area (Å²) in [5.74, 6) is 0.225. The lowest BCUT2D eigenvalue weighted by Gasteiger charge is -2.17. The fraction of sp³-hybridized carbons (Fsp3) is 0.143. The minimum absolute atomic E-state index is 0.0657. The Morgan fingerprint density at radius 3 is 2.55 bits per heavy atom. The maximum Gasteiger partial charge on any atom is 0.252 e. The summed E-state index contributed by atoms with van der Waals surface area (Å²) in [6.07, 6.45) is 0.889. The molecule has 164 valence electrons. The van der Waals surface area contributed by atoms with Crippen LogP contribution in [0.15, 0.2) is 95.9 Å². The Balaban J connectivity index is 1.26. The van der Waals surface area contributed by atoms with E-state index in [-0.39, 0.29) is 11.8 Å². The van der Waals surface area contributed by atoms with Gasteiger partial charge in [-0.1, -0.05) is 72.8 Å². The summed E-state index contributed by atoms with van der Waals surface area (Å²) in [6.45, 7) is 1.16. The minimum Gasteiger partial charge on any atom is -0.348 e. The summed E-state index contributed by atoms with van der Waals surface area (Å²) in [7, 11) is 0. The summed E-state index contributed by atoms with van der Waals surface area (Å²) >= 11 is 1.42. The summed E-state index contributed by atoms with van der Waals surface area (Å²) in [5, 5.41) is 5.35. The van der Waals surface area contributed by atoms with Crippen molar-refractivity contribution in [3.05, 3.63) is 108 Å². The highest BCUT2D eigenvalue weighted by Gasteiger charge is 2.24. The van der Waals surface area contributed by atoms with Crippen LogP contribution in [0.1, 0.15) is 21.5 Å². The first-order valence-electron chi connectivity index (χ1n) is 11.1. The molecule has 0 aromatic heterocycles. The molecule has 4 nitrogen and oxygen atoms in total. The summed E-state index contributed by atoms with van der Waals surface area (Å²) < 4.78 is 0. The number of rotatable bonds is 6. The quantitative estimate of drug-likeness (QED) is 0.396. The van der Waals surface area contributed by atoms with Crippen molar-refractivity contribution in [3.8, 4) is 0 Å². The summed E-state index contributed by atoms with van der Waals surface area (Å²) in [4.78, 5) is 28.6. The van der Waals surface area contributed by atoms with Gasteiger partial charge in [-0.3, -0.25) is 9.59 Å². The number of carbonyl (C=O) groups excluding carboxylic acids is 2. The molecule has 0 bridgehead atoms. The topological polar surface area (TPSA) is 49.4 Å². The zero-order chi connectivity index (χ0) is 22.6. The molecule has 1 aliphatic heterocycles. The van der Waals surface area contributed by atoms with Crippen molar-refractivity contribution in [1.82, 2.24) is 5.32 Å². The monoisotopic (exact) mass is 452 g/mol. The van der Waals surface area contributed by atoms with Crippen LogP contribution in [-0.4, -0.2) is 24.1 Å². The molecule has 0 fully saturated rings. The molecule has 1 aliphatic rings. The molecule has 1 N–H and O–H groups in total. The van der Waals surface area contributed by atoms with Gasteiger partial charge in [0.1, 0.15) is 0 Å². The highest BCUT2D eigenvalue weighted by molar-refractivity contribution is 8.00. The Morgan fingerprint density at radius 1 is 0.848 bits per heavy atom. The lowest BCUT2D eigenvalue weighted by molar-refractivity contribution is -0.116. The van der Waals surface area contributed by atoms with E-state index in [1.54, 1.807) is 0 Å². The van der Waals surface area contributed by atoms with Gasteiger partial charge in [-0.25, -0.2) is 0 Å². The van der Waals surface area contributed by atoms with Gasteiger partial charge in [0.05, 0.1) is 11.3 Å². The van der Waals surface area contributed by atoms with Gasteiger partial charge >= 0.3 is 0 Å². The predicted octanol–water partition coefficient (Wildman–Crippen LogP) is 5.45. The van der Waals surface area contributed by atoms with Gasteiger partial charge in [-0.15, -0.1) is 11.8 Å². The van der Waals surface area contributed by atoms with Crippen molar-refractivity contribution in [3.63, 3.8) is 0 Å². The molecule has 2 amide bonds. The number of nitrogens with one attached hydrogen (secondary N) is 1. The molecule has 0 aliphatic carbocycles. The molecule has 1 heterocycles. The first-order valence-corrected chi connectivity index (χ1v) is 12.0. The second kappa shape index (κ2) is 9.51. The maximum absolute atomic E-state index is 13.0. The van der Waals surface area contributed by atoms with Crippen LogP contribution in [0.4, 0.5) is 5.69 Å². The third kappa shape index (κ3) is 4.50. The lowest BCUT2D eigenvalue weighted by atomic mass is 10.0. The van der Waals surface area contributed by atoms with E-state index in [1.165, 1.54) is 17.3 Å². The van der Waals surface area contributed by atoms with Crippen molar-refractivity contribution in [1.29, 1.82) is 0 Å². The van der Waals surface area contributed by atoms with E-state index in [1.807, 2.05) is 71.6 Å². The molecular weight excluding hydrogens is 428 g/mol. The standard InChI is InChI=1S/C28H24N2O2S/c31-27(30-17-16-21-9-2-5-14-25(21)30)19-33-26-15-6-4-13-24(26)28(32)29-18-22-11-7-10-20-8-1-3-12-23(20)22/h1-15H,16-19H2,(H,29,32). The largest absolute Gasteiger partial charge is 0.348 e. The molecule has 33 heavy (non-hydrogen) atoms. The highest BCUT2D eigenvalue weighted by atomic mass is 32.2. The molecule has 5 heteroatoms. The number of anilines is 1. The van der Waals surface area contributed by atoms with E-state index in [9.17, 15) is 9.59 Å². The van der Waals surface area contributed by atoms with Crippen molar-refractivity contribution in [2.24, 2.45) is 0 Å². The smallest absolute Gasteiger partial charge is 0.252 e. The third-order valence-corrected chi connectivity index (χ3v) is 7.05. The number of hydrogen-bond donors (Lipinski definition) is 1. The molecule has 0 spiro atoms. The fourth-order valence-corrected chi connectivity index (χ4v) is 5.24. The van der Waals surface area contributed by atoms with Crippen molar-refractivity contribution in [2.75, 3.05) is 17.2 Å². The molecule has 0 saturated heterocycles. The molecule has 5 rings (SSSR count). The first-order chi connectivity index (χ1) is 16.2. The zero-order valence-corrected chi connectivity index (χ0v) is 19.0. The lowest BCUT2D eigenvalue weighted by Crippen LogP contribution is -2.30. The van der Waals surface area contributed by atoms with Crippen LogP contribution in [0.5, 0.6) is 0 Å². The van der Waals surface area contributed by atoms with Gasteiger partial charge in [-0.05, 0) is 46.5 Å². The van der Waals surface area contributed by atoms with Crippen LogP contribution in [-0.2, 0) is 17.8 Å². The van der Waals surface area contributed by atoms with Crippen molar-refractivity contribution < 1.29 is 9.59 Å². The third-order valence-electron chi connectivity index (χ3n) is 5.99. The van der Waals surface area contributed by atoms with Gasteiger partial charge in [-0.2, -0.15) is 0 Å². The van der Waals surface area contributed by atoms with Gasteiger partial charge in [0.15, 0.2) is 0 Å². The Labute approximate surface area is 197 Å². The molecular formula is C28H24N2O2S. The number of benzene rings is 4. The van der Waals surface area contributed by atoms with Gasteiger partial charge in [0, 0.05) is 23.7 Å². The number of para-hydroxylation sites is 1. The average Bonchev–Trinajstić information content (AvgIpc) is 3.30. The Bertz CT molecular complexity index is 1330. The van der Waals surface area contributed by atoms with E-state index >= 15 is 0 Å². The van der Waals surface area contributed by atoms with Crippen molar-refractivity contribution in [2.45, 2.75) is 17.9 Å². The number of amides is 2. The maximum atomic E-state index is 13.0. The SMILES string of the molecule is O=C(NCc1cccc2ccccc12)c1ccccc1SCC(=O)N1CCc2ccccc21. The number of hydrogen-bond acceptors (Lipinski definition) is 3. The highest BCUT2D eigenvalue weighted by Crippen LogP contribution is 2.30. The van der Waals surface area contributed by atoms with E-state index in [0.717, 1.165) is 33.3 Å². The predicted molar refractivity (Wildman–Crippen MR) is 135 cm³/mol. The van der Waals surface area contributed by atoms with Crippen LogP contribution in [0.2, 0.25) is 0 Å². The van der Waals surface area contributed by atoms with Crippen LogP contribution >= 0.6 is 11.8 Å². The summed E-state index contributed by atoms with van der Waals surface area (Å²) in [5.41, 5.74) is 3.89. The van der Waals surface area contributed by atoms with Crippen LogP contribution in [0.3, 0.4) is 0 Å². The van der Waals surface area contributed by atoms with E-state index in [2.05, 4.69) is 29.6 Å². The normalized spacial score (nSPS) is 12.5. The zero-order valence-electron chi connectivity index (χ0n) is 18.2. The van der Waals surface area contributed by atoms with Crippen molar-refractivity contribution >= 4 is 40.0 Å². The molecule has 0 unspecified atom stereocenters. The van der Waals surface area contributed by atoms with E-state index in [4.69, 9.17) is 0 Å². The number of thioether (sulfide) groups is 1. The van der Waals surface area contributed by atoms with Crippen LogP contribution < -0.4 is 10.2 Å². The molecule has 4 aromatic rings. The molecule has 0 radical (unpaired) electrons. The molecule has 0 saturated carbocycles. The number of nitrogens with zero attached hydrogens (tertiary/aromatic N) is 1. The van der Waals surface area contributed by atoms with Crippen LogP contribution in [0, 0.1) is 0 Å². The first kappa shape index (κ1) is 21.3. The van der Waals surface area contributed by atoms with E-state index in [0.29, 0.717) is 24.4 Å². The molecule has 4 aromatic carbocycles. The number of fused-ring (bicyclic) bond motifs is 2. The van der Waals surface area contributed by atoms with Gasteiger partial charge < -0.3 is 10.2 Å². The second-order valence-corrected chi connectivity index (χ2v) is 9.05. The molecule has 0 atom stereocenters. The minimum atomic E-state index is -0.134. The summed E-state index contributed by atoms with van der Waals surface area (Å²) in [6, 6.07) is 29.8. The second-order valence-electron chi connectivity index (χ2n) is 8.03. The van der Waals surface area contributed by atoms with E-state index < -0.39 is 0 Å².